The third kappa shape index (κ3) is 6.39. The number of carbonyl (C=O) groups excluding carboxylic acids is 4. The van der Waals surface area contributed by atoms with E-state index in [9.17, 15) is 29.4 Å². The van der Waals surface area contributed by atoms with E-state index in [1.807, 2.05) is 0 Å². The molecule has 3 N–H and O–H groups in total. The highest BCUT2D eigenvalue weighted by Gasteiger charge is 2.51. The van der Waals surface area contributed by atoms with E-state index in [4.69, 9.17) is 9.47 Å². The lowest BCUT2D eigenvalue weighted by Crippen LogP contribution is -2.56. The maximum absolute atomic E-state index is 13.6. The van der Waals surface area contributed by atoms with Crippen LogP contribution in [0.4, 0.5) is 0 Å². The number of ether oxygens (including phenoxy) is 2. The molecule has 40 heavy (non-hydrogen) atoms. The molecule has 0 spiro atoms. The van der Waals surface area contributed by atoms with Crippen LogP contribution in [0.1, 0.15) is 80.1 Å². The topological polar surface area (TPSA) is 142 Å². The van der Waals surface area contributed by atoms with Gasteiger partial charge in [0.05, 0.1) is 25.7 Å². The van der Waals surface area contributed by atoms with Crippen molar-refractivity contribution in [2.24, 2.45) is 5.92 Å². The first-order valence-corrected chi connectivity index (χ1v) is 14.2. The Labute approximate surface area is 234 Å². The lowest BCUT2D eigenvalue weighted by atomic mass is 9.76. The maximum Gasteiger partial charge on any atom is 0.247 e. The second kappa shape index (κ2) is 13.4. The van der Waals surface area contributed by atoms with Gasteiger partial charge >= 0.3 is 0 Å². The van der Waals surface area contributed by atoms with Crippen molar-refractivity contribution in [3.8, 4) is 11.5 Å². The van der Waals surface area contributed by atoms with Crippen LogP contribution in [0.25, 0.3) is 0 Å². The summed E-state index contributed by atoms with van der Waals surface area (Å²) in [5, 5.41) is 23.8. The Bertz CT molecular complexity index is 1140. The number of Topliss-reactive ketones (excluding diaryl/α,β-unsaturated/α-hetero) is 1. The molecule has 1 saturated carbocycles. The number of carbonyl (C=O) groups is 4. The van der Waals surface area contributed by atoms with Crippen LogP contribution in [-0.4, -0.2) is 84.1 Å². The first kappa shape index (κ1) is 29.7. The number of nitrogens with one attached hydrogen (secondary N) is 1. The molecule has 4 rings (SSSR count). The first-order valence-electron chi connectivity index (χ1n) is 14.2. The van der Waals surface area contributed by atoms with Gasteiger partial charge < -0.3 is 34.7 Å². The van der Waals surface area contributed by atoms with E-state index < -0.39 is 30.1 Å². The zero-order valence-corrected chi connectivity index (χ0v) is 23.3. The molecule has 2 aliphatic carbocycles. The lowest BCUT2D eigenvalue weighted by molar-refractivity contribution is -0.138. The molecule has 1 aromatic rings. The van der Waals surface area contributed by atoms with E-state index in [0.29, 0.717) is 53.9 Å². The molecule has 1 aromatic carbocycles. The van der Waals surface area contributed by atoms with Gasteiger partial charge in [0.25, 0.3) is 0 Å². The molecule has 3 aliphatic rings. The lowest BCUT2D eigenvalue weighted by Gasteiger charge is -2.42. The van der Waals surface area contributed by atoms with Gasteiger partial charge in [0, 0.05) is 42.6 Å². The first-order chi connectivity index (χ1) is 19.3. The van der Waals surface area contributed by atoms with Gasteiger partial charge in [0.15, 0.2) is 11.5 Å². The van der Waals surface area contributed by atoms with Crippen molar-refractivity contribution in [2.75, 3.05) is 26.8 Å². The number of hydrogen-bond acceptors (Lipinski definition) is 8. The fourth-order valence-electron chi connectivity index (χ4n) is 6.23. The Balaban J connectivity index is 1.74. The Morgan fingerprint density at radius 1 is 1.18 bits per heavy atom. The van der Waals surface area contributed by atoms with Crippen molar-refractivity contribution in [3.63, 3.8) is 0 Å². The van der Waals surface area contributed by atoms with Crippen LogP contribution in [0.3, 0.4) is 0 Å². The van der Waals surface area contributed by atoms with Crippen LogP contribution in [0.15, 0.2) is 23.8 Å². The van der Waals surface area contributed by atoms with E-state index in [-0.39, 0.29) is 37.2 Å². The molecule has 1 aliphatic heterocycles. The van der Waals surface area contributed by atoms with Crippen LogP contribution in [0.5, 0.6) is 11.5 Å². The highest BCUT2D eigenvalue weighted by Crippen LogP contribution is 2.51. The minimum absolute atomic E-state index is 0.00988. The van der Waals surface area contributed by atoms with Crippen LogP contribution < -0.4 is 14.8 Å². The van der Waals surface area contributed by atoms with Gasteiger partial charge in [-0.15, -0.1) is 0 Å². The minimum atomic E-state index is -1.17. The summed E-state index contributed by atoms with van der Waals surface area (Å²) in [5.74, 6) is -0.407. The number of aliphatic hydroxyl groups is 2. The van der Waals surface area contributed by atoms with Crippen LogP contribution in [-0.2, 0) is 14.4 Å². The number of methoxy groups -OCH3 is 1. The highest BCUT2D eigenvalue weighted by atomic mass is 16.5. The number of aliphatic hydroxyl groups excluding tert-OH is 2. The molecule has 0 radical (unpaired) electrons. The SMILES string of the molecule is COc1cc(C=O)cc2c1OC1C2C(C(=O)NCCO)=CC(N(CC2CCCCC2)C(=O)CCCC(C)=O)C1O. The molecular weight excluding hydrogens is 516 g/mol. The van der Waals surface area contributed by atoms with E-state index in [1.165, 1.54) is 20.1 Å². The Morgan fingerprint density at radius 2 is 1.93 bits per heavy atom. The molecule has 10 nitrogen and oxygen atoms in total. The Morgan fingerprint density at radius 3 is 2.58 bits per heavy atom. The van der Waals surface area contributed by atoms with Crippen LogP contribution in [0, 0.1) is 5.92 Å². The van der Waals surface area contributed by atoms with E-state index in [0.717, 1.165) is 32.1 Å². The number of aldehydes is 1. The molecule has 2 amide bonds. The average molecular weight is 557 g/mol. The van der Waals surface area contributed by atoms with Crippen molar-refractivity contribution >= 4 is 23.9 Å². The van der Waals surface area contributed by atoms with E-state index in [1.54, 1.807) is 17.0 Å². The predicted molar refractivity (Wildman–Crippen MR) is 146 cm³/mol. The molecule has 218 valence electrons. The fourth-order valence-corrected chi connectivity index (χ4v) is 6.23. The molecule has 4 unspecified atom stereocenters. The molecule has 1 fully saturated rings. The third-order valence-corrected chi connectivity index (χ3v) is 8.19. The van der Waals surface area contributed by atoms with Gasteiger partial charge in [-0.05, 0) is 50.3 Å². The zero-order chi connectivity index (χ0) is 28.8. The van der Waals surface area contributed by atoms with E-state index in [2.05, 4.69) is 5.32 Å². The number of hydrogen-bond donors (Lipinski definition) is 3. The summed E-state index contributed by atoms with van der Waals surface area (Å²) in [5.41, 5.74) is 1.18. The van der Waals surface area contributed by atoms with Gasteiger partial charge in [0.2, 0.25) is 11.8 Å². The largest absolute Gasteiger partial charge is 0.493 e. The standard InChI is InChI=1S/C30H40N2O8/c1-18(35)7-6-10-25(36)32(16-19-8-4-3-5-9-19)23-15-22(30(38)31-11-12-33)26-21-13-20(17-34)14-24(39-2)28(21)40-29(26)27(23)37/h13-15,17,19,23,26-27,29,33,37H,3-12,16H2,1-2H3,(H,31,38). The van der Waals surface area contributed by atoms with Crippen LogP contribution >= 0.6 is 0 Å². The second-order valence-electron chi connectivity index (χ2n) is 11.0. The summed E-state index contributed by atoms with van der Waals surface area (Å²) in [6, 6.07) is 2.33. The molecule has 4 atom stereocenters. The number of rotatable bonds is 12. The number of nitrogens with zero attached hydrogens (tertiary/aromatic N) is 1. The molecule has 10 heteroatoms. The summed E-state index contributed by atoms with van der Waals surface area (Å²) in [4.78, 5) is 51.9. The van der Waals surface area contributed by atoms with Crippen molar-refractivity contribution in [1.29, 1.82) is 0 Å². The number of benzene rings is 1. The quantitative estimate of drug-likeness (QED) is 0.333. The summed E-state index contributed by atoms with van der Waals surface area (Å²) in [7, 11) is 1.45. The van der Waals surface area contributed by atoms with Gasteiger partial charge in [0.1, 0.15) is 24.3 Å². The number of amides is 2. The molecule has 1 heterocycles. The van der Waals surface area contributed by atoms with Gasteiger partial charge in [-0.25, -0.2) is 0 Å². The smallest absolute Gasteiger partial charge is 0.247 e. The molecule has 0 aromatic heterocycles. The molecule has 0 bridgehead atoms. The van der Waals surface area contributed by atoms with Crippen molar-refractivity contribution < 1.29 is 38.9 Å². The van der Waals surface area contributed by atoms with Crippen molar-refractivity contribution in [1.82, 2.24) is 10.2 Å². The Hall–Kier alpha value is -3.24. The maximum atomic E-state index is 13.6. The molecule has 0 saturated heterocycles. The van der Waals surface area contributed by atoms with E-state index >= 15 is 0 Å². The fraction of sp³-hybridized carbons (Fsp3) is 0.600. The summed E-state index contributed by atoms with van der Waals surface area (Å²) < 4.78 is 11.7. The predicted octanol–water partition coefficient (Wildman–Crippen LogP) is 2.30. The van der Waals surface area contributed by atoms with Crippen molar-refractivity contribution in [2.45, 2.75) is 82.5 Å². The van der Waals surface area contributed by atoms with Gasteiger partial charge in [-0.1, -0.05) is 19.3 Å². The third-order valence-electron chi connectivity index (χ3n) is 8.19. The monoisotopic (exact) mass is 556 g/mol. The minimum Gasteiger partial charge on any atom is -0.493 e. The van der Waals surface area contributed by atoms with Gasteiger partial charge in [-0.2, -0.15) is 0 Å². The Kier molecular flexibility index (Phi) is 9.97. The normalized spacial score (nSPS) is 23.8. The second-order valence-corrected chi connectivity index (χ2v) is 11.0. The van der Waals surface area contributed by atoms with Crippen LogP contribution in [0.2, 0.25) is 0 Å². The average Bonchev–Trinajstić information content (AvgIpc) is 3.35. The van der Waals surface area contributed by atoms with Gasteiger partial charge in [-0.3, -0.25) is 14.4 Å². The number of fused-ring (bicyclic) bond motifs is 3. The van der Waals surface area contributed by atoms with Crippen molar-refractivity contribution in [3.05, 3.63) is 34.9 Å². The molecular formula is C30H40N2O8. The summed E-state index contributed by atoms with van der Waals surface area (Å²) >= 11 is 0. The summed E-state index contributed by atoms with van der Waals surface area (Å²) in [6.07, 6.45) is 6.38. The zero-order valence-electron chi connectivity index (χ0n) is 23.3. The number of ketones is 1. The highest BCUT2D eigenvalue weighted by molar-refractivity contribution is 5.96. The summed E-state index contributed by atoms with van der Waals surface area (Å²) in [6.45, 7) is 1.71.